The van der Waals surface area contributed by atoms with Crippen LogP contribution in [0.5, 0.6) is 0 Å². The first-order valence-corrected chi connectivity index (χ1v) is 11.5. The minimum atomic E-state index is -0.435. The number of thioether (sulfide) groups is 1. The average Bonchev–Trinajstić information content (AvgIpc) is 2.70. The summed E-state index contributed by atoms with van der Waals surface area (Å²) in [5, 5.41) is 3.50. The van der Waals surface area contributed by atoms with Crippen LogP contribution in [0.3, 0.4) is 0 Å². The van der Waals surface area contributed by atoms with Crippen LogP contribution in [0.4, 0.5) is 11.6 Å². The lowest BCUT2D eigenvalue weighted by Gasteiger charge is -2.16. The van der Waals surface area contributed by atoms with Gasteiger partial charge in [0.2, 0.25) is 5.95 Å². The highest BCUT2D eigenvalue weighted by molar-refractivity contribution is 9.11. The van der Waals surface area contributed by atoms with Crippen molar-refractivity contribution in [1.82, 2.24) is 20.4 Å². The molecule has 3 N–H and O–H groups in total. The normalized spacial score (nSPS) is 10.6. The van der Waals surface area contributed by atoms with Gasteiger partial charge in [-0.2, -0.15) is 0 Å². The number of aromatic nitrogens is 2. The summed E-state index contributed by atoms with van der Waals surface area (Å²) < 4.78 is 3.09. The van der Waals surface area contributed by atoms with Crippen molar-refractivity contribution in [2.24, 2.45) is 0 Å². The van der Waals surface area contributed by atoms with E-state index in [0.717, 1.165) is 10.2 Å². The summed E-state index contributed by atoms with van der Waals surface area (Å²) in [6.07, 6.45) is 1.79. The number of nitrogens with zero attached hydrogens (tertiary/aromatic N) is 2. The number of benzene rings is 2. The van der Waals surface area contributed by atoms with Gasteiger partial charge in [-0.25, -0.2) is 4.98 Å². The molecule has 0 unspecified atom stereocenters. The Morgan fingerprint density at radius 2 is 1.93 bits per heavy atom. The van der Waals surface area contributed by atoms with E-state index in [1.54, 1.807) is 12.3 Å². The molecule has 1 heterocycles. The zero-order chi connectivity index (χ0) is 21.0. The van der Waals surface area contributed by atoms with Crippen LogP contribution in [-0.4, -0.2) is 26.0 Å². The highest BCUT2D eigenvalue weighted by Gasteiger charge is 2.16. The Kier molecular flexibility index (Phi) is 7.28. The molecular weight excluding hydrogens is 542 g/mol. The van der Waals surface area contributed by atoms with Gasteiger partial charge < -0.3 is 5.32 Å². The lowest BCUT2D eigenvalue weighted by atomic mass is 10.2. The average molecular weight is 557 g/mol. The van der Waals surface area contributed by atoms with E-state index in [4.69, 9.17) is 12.2 Å². The quantitative estimate of drug-likeness (QED) is 0.331. The van der Waals surface area contributed by atoms with Crippen molar-refractivity contribution in [2.45, 2.75) is 6.54 Å². The van der Waals surface area contributed by atoms with Crippen molar-refractivity contribution < 1.29 is 4.79 Å². The highest BCUT2D eigenvalue weighted by Crippen LogP contribution is 2.27. The van der Waals surface area contributed by atoms with Crippen molar-refractivity contribution in [2.75, 3.05) is 11.6 Å². The fourth-order valence-corrected chi connectivity index (χ4v) is 4.02. The standard InChI is InChI=1S/C18H15Br2N5O2S2/c1-29-18(28)24-23-14(26)9-25-16(27)12-7-10(19)8-13(20)15(12)22-17(25)21-11-5-3-2-4-6-11/h2-8H,9H2,1H3,(H,21,22)(H,23,26)(H,24,28). The minimum Gasteiger partial charge on any atom is -0.326 e. The number of carbonyl (C=O) groups is 1. The number of nitrogens with one attached hydrogen (secondary N) is 3. The van der Waals surface area contributed by atoms with E-state index in [-0.39, 0.29) is 18.1 Å². The summed E-state index contributed by atoms with van der Waals surface area (Å²) in [5.41, 5.74) is 5.99. The van der Waals surface area contributed by atoms with E-state index < -0.39 is 5.91 Å². The molecule has 1 amide bonds. The fraction of sp³-hybridized carbons (Fsp3) is 0.111. The maximum atomic E-state index is 13.2. The van der Waals surface area contributed by atoms with Gasteiger partial charge in [0.25, 0.3) is 11.5 Å². The molecule has 1 aromatic heterocycles. The van der Waals surface area contributed by atoms with Crippen LogP contribution in [0.15, 0.2) is 56.2 Å². The van der Waals surface area contributed by atoms with Gasteiger partial charge in [0.05, 0.1) is 10.9 Å². The molecule has 7 nitrogen and oxygen atoms in total. The Bertz CT molecular complexity index is 1140. The summed E-state index contributed by atoms with van der Waals surface area (Å²) in [4.78, 5) is 30.2. The van der Waals surface area contributed by atoms with Crippen molar-refractivity contribution in [3.05, 3.63) is 61.8 Å². The molecule has 29 heavy (non-hydrogen) atoms. The van der Waals surface area contributed by atoms with Gasteiger partial charge >= 0.3 is 0 Å². The molecule has 150 valence electrons. The summed E-state index contributed by atoms with van der Waals surface area (Å²) in [7, 11) is 0. The number of carbonyl (C=O) groups excluding carboxylic acids is 1. The molecule has 2 aromatic carbocycles. The van der Waals surface area contributed by atoms with Crippen molar-refractivity contribution in [1.29, 1.82) is 0 Å². The van der Waals surface area contributed by atoms with Crippen LogP contribution < -0.4 is 21.7 Å². The van der Waals surface area contributed by atoms with Gasteiger partial charge in [-0.15, -0.1) is 0 Å². The Hall–Kier alpha value is -1.95. The number of fused-ring (bicyclic) bond motifs is 1. The number of hydrazine groups is 1. The van der Waals surface area contributed by atoms with Crippen LogP contribution in [0, 0.1) is 0 Å². The molecule has 0 aliphatic carbocycles. The predicted octanol–water partition coefficient (Wildman–Crippen LogP) is 3.93. The van der Waals surface area contributed by atoms with E-state index in [9.17, 15) is 9.59 Å². The number of rotatable bonds is 4. The van der Waals surface area contributed by atoms with Gasteiger partial charge in [0.1, 0.15) is 6.54 Å². The molecule has 3 aromatic rings. The molecule has 0 atom stereocenters. The van der Waals surface area contributed by atoms with Crippen molar-refractivity contribution >= 4 is 88.6 Å². The number of thiocarbonyl (C=S) groups is 1. The van der Waals surface area contributed by atoms with E-state index in [1.807, 2.05) is 36.4 Å². The highest BCUT2D eigenvalue weighted by atomic mass is 79.9. The monoisotopic (exact) mass is 555 g/mol. The SMILES string of the molecule is CSC(=S)NNC(=O)Cn1c(Nc2ccccc2)nc2c(Br)cc(Br)cc2c1=O. The molecule has 0 saturated carbocycles. The second-order valence-electron chi connectivity index (χ2n) is 5.77. The molecule has 0 radical (unpaired) electrons. The Labute approximate surface area is 192 Å². The third-order valence-corrected chi connectivity index (χ3v) is 5.94. The molecule has 0 spiro atoms. The first kappa shape index (κ1) is 21.8. The van der Waals surface area contributed by atoms with Crippen molar-refractivity contribution in [3.63, 3.8) is 0 Å². The number of anilines is 2. The van der Waals surface area contributed by atoms with Gasteiger partial charge in [-0.3, -0.25) is 25.0 Å². The molecule has 0 saturated heterocycles. The first-order valence-electron chi connectivity index (χ1n) is 8.23. The van der Waals surface area contributed by atoms with Gasteiger partial charge in [-0.1, -0.05) is 58.1 Å². The van der Waals surface area contributed by atoms with Crippen LogP contribution in [0.25, 0.3) is 10.9 Å². The summed E-state index contributed by atoms with van der Waals surface area (Å²) >= 11 is 13.1. The summed E-state index contributed by atoms with van der Waals surface area (Å²) in [6.45, 7) is -0.245. The zero-order valence-corrected chi connectivity index (χ0v) is 19.8. The first-order chi connectivity index (χ1) is 13.9. The molecule has 11 heteroatoms. The zero-order valence-electron chi connectivity index (χ0n) is 15.0. The second-order valence-corrected chi connectivity index (χ2v) is 9.02. The number of hydrogen-bond donors (Lipinski definition) is 3. The molecular formula is C18H15Br2N5O2S2. The number of halogens is 2. The largest absolute Gasteiger partial charge is 0.326 e. The number of para-hydroxylation sites is 1. The third kappa shape index (κ3) is 5.35. The molecule has 0 bridgehead atoms. The maximum Gasteiger partial charge on any atom is 0.263 e. The van der Waals surface area contributed by atoms with Crippen LogP contribution in [-0.2, 0) is 11.3 Å². The van der Waals surface area contributed by atoms with Crippen LogP contribution >= 0.6 is 55.8 Å². The van der Waals surface area contributed by atoms with E-state index >= 15 is 0 Å². The van der Waals surface area contributed by atoms with Gasteiger partial charge in [0.15, 0.2) is 4.32 Å². The predicted molar refractivity (Wildman–Crippen MR) is 129 cm³/mol. The summed E-state index contributed by atoms with van der Waals surface area (Å²) in [5.74, 6) is -0.186. The Morgan fingerprint density at radius 3 is 2.62 bits per heavy atom. The number of amides is 1. The number of hydrogen-bond acceptors (Lipinski definition) is 6. The van der Waals surface area contributed by atoms with E-state index in [1.165, 1.54) is 16.3 Å². The van der Waals surface area contributed by atoms with E-state index in [2.05, 4.69) is 53.0 Å². The smallest absolute Gasteiger partial charge is 0.263 e. The topological polar surface area (TPSA) is 88.0 Å². The fourth-order valence-electron chi connectivity index (χ4n) is 2.50. The third-order valence-electron chi connectivity index (χ3n) is 3.80. The molecule has 3 rings (SSSR count). The maximum absolute atomic E-state index is 13.2. The van der Waals surface area contributed by atoms with Gasteiger partial charge in [0, 0.05) is 14.6 Å². The molecule has 0 aliphatic heterocycles. The molecule has 0 aliphatic rings. The minimum absolute atomic E-state index is 0.245. The van der Waals surface area contributed by atoms with E-state index in [0.29, 0.717) is 19.7 Å². The Balaban J connectivity index is 2.05. The van der Waals surface area contributed by atoms with Crippen molar-refractivity contribution in [3.8, 4) is 0 Å². The Morgan fingerprint density at radius 1 is 1.21 bits per heavy atom. The van der Waals surface area contributed by atoms with Crippen LogP contribution in [0.1, 0.15) is 0 Å². The second kappa shape index (κ2) is 9.70. The molecule has 0 fully saturated rings. The van der Waals surface area contributed by atoms with Gasteiger partial charge in [-0.05, 0) is 46.5 Å². The van der Waals surface area contributed by atoms with Crippen LogP contribution in [0.2, 0.25) is 0 Å². The lowest BCUT2D eigenvalue weighted by molar-refractivity contribution is -0.122. The lowest BCUT2D eigenvalue weighted by Crippen LogP contribution is -2.43. The summed E-state index contributed by atoms with van der Waals surface area (Å²) in [6, 6.07) is 12.8.